The standard InChI is InChI=1S/C9H10N2O3/c1-11-7-4-6(5-10-13)2-3-8(7)14-9(11)12/h2-4,10,13H,5H2,1H3. The van der Waals surface area contributed by atoms with Crippen molar-refractivity contribution in [3.8, 4) is 0 Å². The highest BCUT2D eigenvalue weighted by atomic mass is 16.5. The normalized spacial score (nSPS) is 11.0. The maximum Gasteiger partial charge on any atom is 0.419 e. The molecule has 2 rings (SSSR count). The number of nitrogens with one attached hydrogen (secondary N) is 1. The molecule has 1 aromatic heterocycles. The molecule has 2 N–H and O–H groups in total. The van der Waals surface area contributed by atoms with Crippen molar-refractivity contribution < 1.29 is 9.62 Å². The van der Waals surface area contributed by atoms with Crippen molar-refractivity contribution >= 4 is 11.1 Å². The zero-order valence-electron chi connectivity index (χ0n) is 7.65. The highest BCUT2D eigenvalue weighted by Gasteiger charge is 2.05. The van der Waals surface area contributed by atoms with Gasteiger partial charge in [-0.05, 0) is 17.7 Å². The van der Waals surface area contributed by atoms with Crippen LogP contribution in [0, 0.1) is 0 Å². The first-order valence-electron chi connectivity index (χ1n) is 4.18. The summed E-state index contributed by atoms with van der Waals surface area (Å²) in [5.74, 6) is -0.380. The molecule has 0 amide bonds. The Bertz CT molecular complexity index is 512. The molecule has 0 bridgehead atoms. The molecule has 0 saturated carbocycles. The van der Waals surface area contributed by atoms with Crippen molar-refractivity contribution in [3.05, 3.63) is 34.3 Å². The first kappa shape index (κ1) is 8.98. The maximum absolute atomic E-state index is 11.1. The van der Waals surface area contributed by atoms with E-state index in [2.05, 4.69) is 5.48 Å². The lowest BCUT2D eigenvalue weighted by molar-refractivity contribution is 0.161. The maximum atomic E-state index is 11.1. The molecule has 0 spiro atoms. The van der Waals surface area contributed by atoms with E-state index in [0.29, 0.717) is 12.1 Å². The van der Waals surface area contributed by atoms with Gasteiger partial charge in [0.1, 0.15) is 0 Å². The average molecular weight is 194 g/mol. The predicted octanol–water partition coefficient (Wildman–Crippen LogP) is 0.610. The minimum absolute atomic E-state index is 0.343. The third kappa shape index (κ3) is 1.32. The zero-order chi connectivity index (χ0) is 10.1. The van der Waals surface area contributed by atoms with Crippen LogP contribution in [0.3, 0.4) is 0 Å². The summed E-state index contributed by atoms with van der Waals surface area (Å²) in [6.07, 6.45) is 0. The summed E-state index contributed by atoms with van der Waals surface area (Å²) in [5.41, 5.74) is 4.22. The molecule has 5 heteroatoms. The van der Waals surface area contributed by atoms with Gasteiger partial charge in [-0.2, -0.15) is 0 Å². The number of benzene rings is 1. The molecular weight excluding hydrogens is 184 g/mol. The number of aryl methyl sites for hydroxylation is 1. The lowest BCUT2D eigenvalue weighted by Crippen LogP contribution is -2.09. The van der Waals surface area contributed by atoms with Gasteiger partial charge in [0, 0.05) is 13.6 Å². The summed E-state index contributed by atoms with van der Waals surface area (Å²) in [5, 5.41) is 8.52. The molecule has 0 radical (unpaired) electrons. The molecule has 0 fully saturated rings. The molecule has 0 unspecified atom stereocenters. The van der Waals surface area contributed by atoms with Gasteiger partial charge in [-0.15, -0.1) is 0 Å². The lowest BCUT2D eigenvalue weighted by Gasteiger charge is -1.98. The molecule has 5 nitrogen and oxygen atoms in total. The van der Waals surface area contributed by atoms with Crippen molar-refractivity contribution in [2.45, 2.75) is 6.54 Å². The van der Waals surface area contributed by atoms with Crippen LogP contribution in [0.4, 0.5) is 0 Å². The number of fused-ring (bicyclic) bond motifs is 1. The van der Waals surface area contributed by atoms with Crippen molar-refractivity contribution in [1.82, 2.24) is 10.0 Å². The van der Waals surface area contributed by atoms with Crippen LogP contribution in [0.2, 0.25) is 0 Å². The Morgan fingerprint density at radius 1 is 1.57 bits per heavy atom. The van der Waals surface area contributed by atoms with Gasteiger partial charge in [-0.1, -0.05) is 6.07 Å². The van der Waals surface area contributed by atoms with Crippen LogP contribution in [-0.4, -0.2) is 9.77 Å². The van der Waals surface area contributed by atoms with Gasteiger partial charge in [0.2, 0.25) is 0 Å². The van der Waals surface area contributed by atoms with Crippen LogP contribution >= 0.6 is 0 Å². The fourth-order valence-electron chi connectivity index (χ4n) is 1.37. The van der Waals surface area contributed by atoms with Crippen molar-refractivity contribution in [3.63, 3.8) is 0 Å². The number of nitrogens with zero attached hydrogens (tertiary/aromatic N) is 1. The van der Waals surface area contributed by atoms with Crippen LogP contribution in [0.1, 0.15) is 5.56 Å². The second-order valence-corrected chi connectivity index (χ2v) is 3.06. The largest absolute Gasteiger partial charge is 0.419 e. The van der Waals surface area contributed by atoms with Crippen LogP contribution in [-0.2, 0) is 13.6 Å². The Hall–Kier alpha value is -1.59. The van der Waals surface area contributed by atoms with E-state index in [9.17, 15) is 4.79 Å². The molecule has 14 heavy (non-hydrogen) atoms. The van der Waals surface area contributed by atoms with E-state index in [1.54, 1.807) is 25.2 Å². The number of rotatable bonds is 2. The number of oxazole rings is 1. The number of hydrogen-bond acceptors (Lipinski definition) is 4. The molecule has 0 atom stereocenters. The fraction of sp³-hybridized carbons (Fsp3) is 0.222. The summed E-state index contributed by atoms with van der Waals surface area (Å²) in [6.45, 7) is 0.343. The molecule has 2 aromatic rings. The molecule has 1 aromatic carbocycles. The Balaban J connectivity index is 2.63. The molecule has 0 aliphatic carbocycles. The lowest BCUT2D eigenvalue weighted by atomic mass is 10.2. The Morgan fingerprint density at radius 2 is 2.36 bits per heavy atom. The summed E-state index contributed by atoms with van der Waals surface area (Å²) in [4.78, 5) is 11.1. The van der Waals surface area contributed by atoms with Gasteiger partial charge in [0.05, 0.1) is 5.52 Å². The highest BCUT2D eigenvalue weighted by Crippen LogP contribution is 2.13. The van der Waals surface area contributed by atoms with E-state index in [1.165, 1.54) is 4.57 Å². The van der Waals surface area contributed by atoms with Crippen LogP contribution in [0.25, 0.3) is 11.1 Å². The zero-order valence-corrected chi connectivity index (χ0v) is 7.65. The monoisotopic (exact) mass is 194 g/mol. The Labute approximate surface area is 79.5 Å². The summed E-state index contributed by atoms with van der Waals surface area (Å²) >= 11 is 0. The summed E-state index contributed by atoms with van der Waals surface area (Å²) in [6, 6.07) is 5.29. The molecule has 1 heterocycles. The molecule has 0 aliphatic rings. The van der Waals surface area contributed by atoms with Gasteiger partial charge in [0.15, 0.2) is 5.58 Å². The van der Waals surface area contributed by atoms with Gasteiger partial charge in [0.25, 0.3) is 0 Å². The fourth-order valence-corrected chi connectivity index (χ4v) is 1.37. The van der Waals surface area contributed by atoms with E-state index in [1.807, 2.05) is 0 Å². The molecule has 74 valence electrons. The first-order valence-corrected chi connectivity index (χ1v) is 4.18. The minimum Gasteiger partial charge on any atom is -0.408 e. The molecular formula is C9H10N2O3. The van der Waals surface area contributed by atoms with E-state index >= 15 is 0 Å². The molecule has 0 saturated heterocycles. The van der Waals surface area contributed by atoms with Crippen LogP contribution in [0.15, 0.2) is 27.4 Å². The van der Waals surface area contributed by atoms with Gasteiger partial charge in [-0.25, -0.2) is 10.3 Å². The highest BCUT2D eigenvalue weighted by molar-refractivity contribution is 5.73. The van der Waals surface area contributed by atoms with E-state index in [4.69, 9.17) is 9.62 Å². The average Bonchev–Trinajstić information content (AvgIpc) is 2.45. The Kier molecular flexibility index (Phi) is 2.11. The van der Waals surface area contributed by atoms with E-state index < -0.39 is 0 Å². The minimum atomic E-state index is -0.380. The number of hydroxylamine groups is 1. The van der Waals surface area contributed by atoms with Crippen molar-refractivity contribution in [2.24, 2.45) is 7.05 Å². The van der Waals surface area contributed by atoms with E-state index in [-0.39, 0.29) is 5.76 Å². The quantitative estimate of drug-likeness (QED) is 0.687. The third-order valence-electron chi connectivity index (χ3n) is 2.14. The summed E-state index contributed by atoms with van der Waals surface area (Å²) < 4.78 is 6.38. The second kappa shape index (κ2) is 3.28. The predicted molar refractivity (Wildman–Crippen MR) is 50.1 cm³/mol. The van der Waals surface area contributed by atoms with Gasteiger partial charge >= 0.3 is 5.76 Å². The molecule has 0 aliphatic heterocycles. The summed E-state index contributed by atoms with van der Waals surface area (Å²) in [7, 11) is 1.64. The van der Waals surface area contributed by atoms with E-state index in [0.717, 1.165) is 11.1 Å². The van der Waals surface area contributed by atoms with Gasteiger partial charge in [-0.3, -0.25) is 4.57 Å². The van der Waals surface area contributed by atoms with Crippen LogP contribution < -0.4 is 11.2 Å². The van der Waals surface area contributed by atoms with Crippen LogP contribution in [0.5, 0.6) is 0 Å². The number of aromatic nitrogens is 1. The first-order chi connectivity index (χ1) is 6.72. The second-order valence-electron chi connectivity index (χ2n) is 3.06. The Morgan fingerprint density at radius 3 is 3.07 bits per heavy atom. The smallest absolute Gasteiger partial charge is 0.408 e. The number of hydrogen-bond donors (Lipinski definition) is 2. The van der Waals surface area contributed by atoms with Gasteiger partial charge < -0.3 is 9.62 Å². The van der Waals surface area contributed by atoms with Crippen molar-refractivity contribution in [1.29, 1.82) is 0 Å². The third-order valence-corrected chi connectivity index (χ3v) is 2.14. The topological polar surface area (TPSA) is 67.4 Å². The SMILES string of the molecule is Cn1c(=O)oc2ccc(CNO)cc21. The van der Waals surface area contributed by atoms with Crippen molar-refractivity contribution in [2.75, 3.05) is 0 Å².